The Morgan fingerprint density at radius 1 is 0.967 bits per heavy atom. The van der Waals surface area contributed by atoms with Crippen LogP contribution in [0.5, 0.6) is 0 Å². The molecule has 0 unspecified atom stereocenters. The van der Waals surface area contributed by atoms with E-state index in [0.717, 1.165) is 5.56 Å². The Bertz CT molecular complexity index is 1290. The van der Waals surface area contributed by atoms with Crippen molar-refractivity contribution in [3.63, 3.8) is 0 Å². The first-order valence-corrected chi connectivity index (χ1v) is 9.76. The topological polar surface area (TPSA) is 76.0 Å². The number of benzene rings is 3. The van der Waals surface area contributed by atoms with Gasteiger partial charge in [0.15, 0.2) is 0 Å². The highest BCUT2D eigenvalue weighted by atomic mass is 35.5. The van der Waals surface area contributed by atoms with E-state index in [2.05, 4.69) is 15.6 Å². The molecule has 0 saturated carbocycles. The highest BCUT2D eigenvalue weighted by Crippen LogP contribution is 2.17. The van der Waals surface area contributed by atoms with E-state index in [1.165, 1.54) is 0 Å². The van der Waals surface area contributed by atoms with Gasteiger partial charge in [0.25, 0.3) is 5.56 Å². The molecule has 0 aliphatic heterocycles. The van der Waals surface area contributed by atoms with Crippen LogP contribution in [-0.4, -0.2) is 15.6 Å². The van der Waals surface area contributed by atoms with Crippen molar-refractivity contribution in [2.75, 3.05) is 10.6 Å². The summed E-state index contributed by atoms with van der Waals surface area (Å²) >= 11 is 6.06. The first-order valence-electron chi connectivity index (χ1n) is 9.38. The normalized spacial score (nSPS) is 10.7. The van der Waals surface area contributed by atoms with Crippen LogP contribution >= 0.6 is 11.6 Å². The van der Waals surface area contributed by atoms with Gasteiger partial charge < -0.3 is 10.6 Å². The zero-order valence-electron chi connectivity index (χ0n) is 16.2. The smallest absolute Gasteiger partial charge is 0.308 e. The van der Waals surface area contributed by atoms with Crippen molar-refractivity contribution < 1.29 is 4.79 Å². The van der Waals surface area contributed by atoms with Gasteiger partial charge in [-0.25, -0.2) is 9.78 Å². The van der Waals surface area contributed by atoms with Crippen LogP contribution in [0.2, 0.25) is 5.02 Å². The lowest BCUT2D eigenvalue weighted by Crippen LogP contribution is -2.25. The molecule has 2 amide bonds. The lowest BCUT2D eigenvalue weighted by molar-refractivity contribution is 0.262. The molecule has 0 radical (unpaired) electrons. The summed E-state index contributed by atoms with van der Waals surface area (Å²) in [5.74, 6) is 0.606. The summed E-state index contributed by atoms with van der Waals surface area (Å²) in [4.78, 5) is 29.9. The molecule has 7 heteroatoms. The molecule has 0 aliphatic rings. The number of rotatable bonds is 4. The van der Waals surface area contributed by atoms with Gasteiger partial charge in [0.2, 0.25) is 0 Å². The lowest BCUT2D eigenvalue weighted by atomic mass is 10.2. The van der Waals surface area contributed by atoms with Crippen LogP contribution in [0.1, 0.15) is 11.4 Å². The average Bonchev–Trinajstić information content (AvgIpc) is 2.72. The summed E-state index contributed by atoms with van der Waals surface area (Å²) < 4.78 is 1.60. The summed E-state index contributed by atoms with van der Waals surface area (Å²) in [6.45, 7) is 2.16. The van der Waals surface area contributed by atoms with Crippen molar-refractivity contribution in [1.82, 2.24) is 9.55 Å². The fourth-order valence-corrected chi connectivity index (χ4v) is 3.44. The number of fused-ring (bicyclic) bond motifs is 1. The maximum absolute atomic E-state index is 13.1. The van der Waals surface area contributed by atoms with E-state index in [1.807, 2.05) is 36.4 Å². The second-order valence-electron chi connectivity index (χ2n) is 6.86. The quantitative estimate of drug-likeness (QED) is 0.487. The van der Waals surface area contributed by atoms with Crippen LogP contribution in [0.4, 0.5) is 16.2 Å². The Morgan fingerprint density at radius 2 is 1.73 bits per heavy atom. The Hall–Kier alpha value is -3.64. The van der Waals surface area contributed by atoms with Gasteiger partial charge in [0.1, 0.15) is 5.82 Å². The van der Waals surface area contributed by atoms with Crippen LogP contribution in [0.3, 0.4) is 0 Å². The predicted molar refractivity (Wildman–Crippen MR) is 120 cm³/mol. The number of carbonyl (C=O) groups excluding carboxylic acids is 1. The molecule has 0 bridgehead atoms. The molecule has 0 spiro atoms. The zero-order chi connectivity index (χ0) is 21.1. The number of aromatic nitrogens is 2. The number of anilines is 2. The van der Waals surface area contributed by atoms with E-state index in [-0.39, 0.29) is 11.6 Å². The minimum absolute atomic E-state index is 0.176. The molecule has 4 aromatic rings. The number of hydrogen-bond donors (Lipinski definition) is 2. The zero-order valence-corrected chi connectivity index (χ0v) is 17.0. The number of carbonyl (C=O) groups is 1. The Kier molecular flexibility index (Phi) is 5.50. The van der Waals surface area contributed by atoms with Crippen molar-refractivity contribution in [1.29, 1.82) is 0 Å². The molecule has 0 saturated heterocycles. The minimum Gasteiger partial charge on any atom is -0.308 e. The third kappa shape index (κ3) is 4.34. The molecule has 1 aromatic heterocycles. The molecule has 150 valence electrons. The molecule has 6 nitrogen and oxygen atoms in total. The van der Waals surface area contributed by atoms with Crippen molar-refractivity contribution >= 4 is 39.9 Å². The predicted octanol–water partition coefficient (Wildman–Crippen LogP) is 5.05. The van der Waals surface area contributed by atoms with Gasteiger partial charge in [-0.2, -0.15) is 0 Å². The van der Waals surface area contributed by atoms with Crippen LogP contribution < -0.4 is 16.2 Å². The number of amides is 2. The van der Waals surface area contributed by atoms with Crippen LogP contribution in [-0.2, 0) is 6.54 Å². The van der Waals surface area contributed by atoms with Crippen molar-refractivity contribution in [3.8, 4) is 0 Å². The third-order valence-electron chi connectivity index (χ3n) is 4.66. The van der Waals surface area contributed by atoms with Crippen LogP contribution in [0, 0.1) is 6.92 Å². The highest BCUT2D eigenvalue weighted by molar-refractivity contribution is 6.30. The fraction of sp³-hybridized carbons (Fsp3) is 0.0870. The number of urea groups is 1. The first kappa shape index (κ1) is 19.7. The summed E-state index contributed by atoms with van der Waals surface area (Å²) in [5.41, 5.74) is 2.49. The average molecular weight is 419 g/mol. The van der Waals surface area contributed by atoms with Gasteiger partial charge in [-0.3, -0.25) is 9.36 Å². The summed E-state index contributed by atoms with van der Waals surface area (Å²) in [5, 5.41) is 6.55. The molecule has 0 aliphatic carbocycles. The molecule has 3 aromatic carbocycles. The molecule has 0 atom stereocenters. The van der Waals surface area contributed by atoms with Crippen LogP contribution in [0.25, 0.3) is 10.9 Å². The first-order chi connectivity index (χ1) is 14.5. The maximum atomic E-state index is 13.1. The number of halogens is 1. The summed E-state index contributed by atoms with van der Waals surface area (Å²) in [6.07, 6.45) is 0. The van der Waals surface area contributed by atoms with E-state index in [4.69, 9.17) is 11.6 Å². The van der Waals surface area contributed by atoms with Crippen molar-refractivity contribution in [2.45, 2.75) is 13.5 Å². The monoisotopic (exact) mass is 418 g/mol. The van der Waals surface area contributed by atoms with Crippen molar-refractivity contribution in [3.05, 3.63) is 99.6 Å². The Morgan fingerprint density at radius 3 is 2.50 bits per heavy atom. The van der Waals surface area contributed by atoms with Gasteiger partial charge in [0, 0.05) is 16.4 Å². The van der Waals surface area contributed by atoms with E-state index in [9.17, 15) is 9.59 Å². The Labute approximate surface area is 178 Å². The third-order valence-corrected chi connectivity index (χ3v) is 4.90. The number of nitrogens with zero attached hydrogens (tertiary/aromatic N) is 2. The second-order valence-corrected chi connectivity index (χ2v) is 7.29. The van der Waals surface area contributed by atoms with Gasteiger partial charge in [-0.1, -0.05) is 41.9 Å². The standard InChI is InChI=1S/C23H19ClN4O2/c1-15-25-21-11-10-19(27-23(30)26-18-8-3-2-4-9-18)13-20(21)22(29)28(15)14-16-6-5-7-17(24)12-16/h2-13H,14H2,1H3,(H2,26,27,30). The maximum Gasteiger partial charge on any atom is 0.323 e. The molecular formula is C23H19ClN4O2. The molecule has 0 fully saturated rings. The minimum atomic E-state index is -0.389. The molecular weight excluding hydrogens is 400 g/mol. The van der Waals surface area contributed by atoms with Crippen LogP contribution in [0.15, 0.2) is 77.6 Å². The van der Waals surface area contributed by atoms with E-state index < -0.39 is 0 Å². The van der Waals surface area contributed by atoms with Gasteiger partial charge in [0.05, 0.1) is 17.4 Å². The number of aryl methyl sites for hydroxylation is 1. The molecule has 30 heavy (non-hydrogen) atoms. The lowest BCUT2D eigenvalue weighted by Gasteiger charge is -2.12. The number of nitrogens with one attached hydrogen (secondary N) is 2. The van der Waals surface area contributed by atoms with E-state index >= 15 is 0 Å². The van der Waals surface area contributed by atoms with Gasteiger partial charge in [-0.05, 0) is 55.0 Å². The second kappa shape index (κ2) is 8.39. The SMILES string of the molecule is Cc1nc2ccc(NC(=O)Nc3ccccc3)cc2c(=O)n1Cc1cccc(Cl)c1. The number of hydrogen-bond acceptors (Lipinski definition) is 3. The van der Waals surface area contributed by atoms with Gasteiger partial charge >= 0.3 is 6.03 Å². The largest absolute Gasteiger partial charge is 0.323 e. The molecule has 4 rings (SSSR count). The molecule has 1 heterocycles. The summed E-state index contributed by atoms with van der Waals surface area (Å²) in [7, 11) is 0. The highest BCUT2D eigenvalue weighted by Gasteiger charge is 2.11. The fourth-order valence-electron chi connectivity index (χ4n) is 3.23. The molecule has 2 N–H and O–H groups in total. The summed E-state index contributed by atoms with van der Waals surface area (Å²) in [6, 6.07) is 21.2. The van der Waals surface area contributed by atoms with Crippen molar-refractivity contribution in [2.24, 2.45) is 0 Å². The van der Waals surface area contributed by atoms with Gasteiger partial charge in [-0.15, -0.1) is 0 Å². The van der Waals surface area contributed by atoms with E-state index in [0.29, 0.717) is 39.7 Å². The number of para-hydroxylation sites is 1. The van der Waals surface area contributed by atoms with E-state index in [1.54, 1.807) is 47.9 Å². The Balaban J connectivity index is 1.63.